The van der Waals surface area contributed by atoms with E-state index in [-0.39, 0.29) is 0 Å². The number of pyridine rings is 2. The van der Waals surface area contributed by atoms with Gasteiger partial charge in [0.1, 0.15) is 5.82 Å². The van der Waals surface area contributed by atoms with Crippen LogP contribution in [0.3, 0.4) is 0 Å². The van der Waals surface area contributed by atoms with Crippen LogP contribution in [0, 0.1) is 0 Å². The minimum Gasteiger partial charge on any atom is -0.328 e. The Balaban J connectivity index is 2.41. The summed E-state index contributed by atoms with van der Waals surface area (Å²) in [5.74, 6) is 1.45. The van der Waals surface area contributed by atoms with Crippen molar-refractivity contribution in [3.8, 4) is 0 Å². The molecule has 0 aliphatic rings. The number of hydrogen-bond acceptors (Lipinski definition) is 3. The first kappa shape index (κ1) is 11.6. The van der Waals surface area contributed by atoms with Gasteiger partial charge in [0.25, 0.3) is 0 Å². The fourth-order valence-corrected chi connectivity index (χ4v) is 1.81. The van der Waals surface area contributed by atoms with E-state index in [9.17, 15) is 0 Å². The van der Waals surface area contributed by atoms with E-state index >= 15 is 0 Å². The maximum absolute atomic E-state index is 4.47. The number of nitrogens with zero attached hydrogens (tertiary/aromatic N) is 3. The number of hydrogen-bond donors (Lipinski definition) is 0. The molecular weight excluding hydrogens is 210 g/mol. The third-order valence-electron chi connectivity index (χ3n) is 2.79. The van der Waals surface area contributed by atoms with Crippen LogP contribution in [0.1, 0.15) is 25.3 Å². The van der Waals surface area contributed by atoms with Gasteiger partial charge in [0.15, 0.2) is 0 Å². The van der Waals surface area contributed by atoms with Crippen molar-refractivity contribution in [1.82, 2.24) is 9.97 Å². The van der Waals surface area contributed by atoms with Gasteiger partial charge < -0.3 is 4.90 Å². The molecule has 0 bridgehead atoms. The molecule has 3 nitrogen and oxygen atoms in total. The van der Waals surface area contributed by atoms with E-state index in [1.165, 1.54) is 5.56 Å². The summed E-state index contributed by atoms with van der Waals surface area (Å²) < 4.78 is 0. The highest BCUT2D eigenvalue weighted by Crippen LogP contribution is 2.28. The van der Waals surface area contributed by atoms with Gasteiger partial charge in [-0.25, -0.2) is 4.98 Å². The van der Waals surface area contributed by atoms with Crippen molar-refractivity contribution >= 4 is 11.5 Å². The zero-order chi connectivity index (χ0) is 12.3. The molecule has 0 unspecified atom stereocenters. The molecule has 2 heterocycles. The lowest BCUT2D eigenvalue weighted by atomic mass is 10.0. The molecule has 0 aliphatic heterocycles. The van der Waals surface area contributed by atoms with E-state index in [0.29, 0.717) is 5.92 Å². The molecule has 0 saturated heterocycles. The lowest BCUT2D eigenvalue weighted by Crippen LogP contribution is -2.14. The fraction of sp³-hybridized carbons (Fsp3) is 0.286. The first-order valence-electron chi connectivity index (χ1n) is 5.79. The average Bonchev–Trinajstić information content (AvgIpc) is 2.39. The molecule has 0 radical (unpaired) electrons. The summed E-state index contributed by atoms with van der Waals surface area (Å²) >= 11 is 0. The van der Waals surface area contributed by atoms with E-state index in [4.69, 9.17) is 0 Å². The van der Waals surface area contributed by atoms with Crippen molar-refractivity contribution < 1.29 is 0 Å². The first-order chi connectivity index (χ1) is 8.20. The van der Waals surface area contributed by atoms with Crippen molar-refractivity contribution in [1.29, 1.82) is 0 Å². The topological polar surface area (TPSA) is 29.0 Å². The van der Waals surface area contributed by atoms with Crippen LogP contribution in [0.25, 0.3) is 0 Å². The van der Waals surface area contributed by atoms with Crippen molar-refractivity contribution in [2.75, 3.05) is 11.9 Å². The summed E-state index contributed by atoms with van der Waals surface area (Å²) in [7, 11) is 2.02. The average molecular weight is 227 g/mol. The predicted molar refractivity (Wildman–Crippen MR) is 70.6 cm³/mol. The van der Waals surface area contributed by atoms with Crippen LogP contribution >= 0.6 is 0 Å². The molecule has 88 valence electrons. The van der Waals surface area contributed by atoms with Crippen molar-refractivity contribution in [2.45, 2.75) is 19.8 Å². The molecule has 17 heavy (non-hydrogen) atoms. The summed E-state index contributed by atoms with van der Waals surface area (Å²) in [6.45, 7) is 4.36. The Morgan fingerprint density at radius 3 is 2.53 bits per heavy atom. The Labute approximate surface area is 102 Å². The smallest absolute Gasteiger partial charge is 0.136 e. The molecule has 2 aromatic rings. The molecule has 0 saturated carbocycles. The minimum absolute atomic E-state index is 0.456. The zero-order valence-electron chi connectivity index (χ0n) is 10.5. The van der Waals surface area contributed by atoms with Gasteiger partial charge in [0.2, 0.25) is 0 Å². The number of aromatic nitrogens is 2. The third kappa shape index (κ3) is 2.44. The lowest BCUT2D eigenvalue weighted by molar-refractivity contribution is 0.851. The number of rotatable bonds is 3. The lowest BCUT2D eigenvalue weighted by Gasteiger charge is -2.22. The van der Waals surface area contributed by atoms with Crippen LogP contribution in [-0.4, -0.2) is 17.0 Å². The fourth-order valence-electron chi connectivity index (χ4n) is 1.81. The largest absolute Gasteiger partial charge is 0.328 e. The highest BCUT2D eigenvalue weighted by Gasteiger charge is 2.12. The van der Waals surface area contributed by atoms with Crippen molar-refractivity contribution in [3.63, 3.8) is 0 Å². The SMILES string of the molecule is CC(C)c1cccnc1N(C)c1cccnc1. The molecular formula is C14H17N3. The molecule has 0 spiro atoms. The Morgan fingerprint density at radius 2 is 1.88 bits per heavy atom. The van der Waals surface area contributed by atoms with Crippen LogP contribution in [0.4, 0.5) is 11.5 Å². The zero-order valence-corrected chi connectivity index (χ0v) is 10.5. The van der Waals surface area contributed by atoms with Crippen LogP contribution in [0.5, 0.6) is 0 Å². The number of anilines is 2. The molecule has 2 rings (SSSR count). The summed E-state index contributed by atoms with van der Waals surface area (Å²) in [6.07, 6.45) is 5.45. The van der Waals surface area contributed by atoms with Crippen LogP contribution in [0.2, 0.25) is 0 Å². The molecule has 0 N–H and O–H groups in total. The van der Waals surface area contributed by atoms with E-state index in [2.05, 4.69) is 34.8 Å². The van der Waals surface area contributed by atoms with E-state index in [1.54, 1.807) is 6.20 Å². The molecule has 0 aromatic carbocycles. The van der Waals surface area contributed by atoms with Crippen LogP contribution < -0.4 is 4.90 Å². The molecule has 0 atom stereocenters. The van der Waals surface area contributed by atoms with Gasteiger partial charge in [0.05, 0.1) is 11.9 Å². The summed E-state index contributed by atoms with van der Waals surface area (Å²) in [4.78, 5) is 10.7. The Kier molecular flexibility index (Phi) is 3.38. The van der Waals surface area contributed by atoms with Crippen molar-refractivity contribution in [3.05, 3.63) is 48.4 Å². The second kappa shape index (κ2) is 4.95. The quantitative estimate of drug-likeness (QED) is 0.805. The highest BCUT2D eigenvalue weighted by molar-refractivity contribution is 5.61. The maximum atomic E-state index is 4.47. The minimum atomic E-state index is 0.456. The van der Waals surface area contributed by atoms with Gasteiger partial charge in [-0.3, -0.25) is 4.98 Å². The van der Waals surface area contributed by atoms with Gasteiger partial charge in [-0.2, -0.15) is 0 Å². The highest BCUT2D eigenvalue weighted by atomic mass is 15.2. The Bertz CT molecular complexity index is 480. The van der Waals surface area contributed by atoms with Gasteiger partial charge >= 0.3 is 0 Å². The van der Waals surface area contributed by atoms with E-state index < -0.39 is 0 Å². The predicted octanol–water partition coefficient (Wildman–Crippen LogP) is 3.37. The Morgan fingerprint density at radius 1 is 1.12 bits per heavy atom. The second-order valence-electron chi connectivity index (χ2n) is 4.34. The van der Waals surface area contributed by atoms with Crippen LogP contribution in [0.15, 0.2) is 42.9 Å². The van der Waals surface area contributed by atoms with E-state index in [1.807, 2.05) is 37.6 Å². The van der Waals surface area contributed by atoms with Gasteiger partial charge in [-0.15, -0.1) is 0 Å². The van der Waals surface area contributed by atoms with Crippen molar-refractivity contribution in [2.24, 2.45) is 0 Å². The second-order valence-corrected chi connectivity index (χ2v) is 4.34. The normalized spacial score (nSPS) is 10.6. The summed E-state index contributed by atoms with van der Waals surface area (Å²) in [5, 5.41) is 0. The van der Waals surface area contributed by atoms with Crippen LogP contribution in [-0.2, 0) is 0 Å². The molecule has 0 amide bonds. The third-order valence-corrected chi connectivity index (χ3v) is 2.79. The molecule has 0 aliphatic carbocycles. The standard InChI is InChI=1S/C14H17N3/c1-11(2)13-7-5-9-16-14(13)17(3)12-6-4-8-15-10-12/h4-11H,1-3H3. The van der Waals surface area contributed by atoms with E-state index in [0.717, 1.165) is 11.5 Å². The maximum Gasteiger partial charge on any atom is 0.136 e. The van der Waals surface area contributed by atoms with Gasteiger partial charge in [-0.1, -0.05) is 19.9 Å². The van der Waals surface area contributed by atoms with Gasteiger partial charge in [0, 0.05) is 19.4 Å². The first-order valence-corrected chi connectivity index (χ1v) is 5.79. The molecule has 3 heteroatoms. The summed E-state index contributed by atoms with van der Waals surface area (Å²) in [5.41, 5.74) is 2.30. The van der Waals surface area contributed by atoms with Gasteiger partial charge in [-0.05, 0) is 29.7 Å². The molecule has 0 fully saturated rings. The Hall–Kier alpha value is -1.90. The monoisotopic (exact) mass is 227 g/mol. The summed E-state index contributed by atoms with van der Waals surface area (Å²) in [6, 6.07) is 8.07. The molecule has 2 aromatic heterocycles.